The van der Waals surface area contributed by atoms with E-state index in [0.29, 0.717) is 0 Å². The predicted octanol–water partition coefficient (Wildman–Crippen LogP) is 22.9. The monoisotopic (exact) mass is 1300 g/mol. The van der Waals surface area contributed by atoms with E-state index >= 15 is 0 Å². The van der Waals surface area contributed by atoms with Gasteiger partial charge in [-0.3, -0.25) is 0 Å². The zero-order valence-electron chi connectivity index (χ0n) is 55.5. The van der Waals surface area contributed by atoms with Gasteiger partial charge in [0.15, 0.2) is 8.07 Å². The highest BCUT2D eigenvalue weighted by molar-refractivity contribution is 7.20. The fourth-order valence-electron chi connectivity index (χ4n) is 15.6. The highest BCUT2D eigenvalue weighted by Crippen LogP contribution is 2.45. The van der Waals surface area contributed by atoms with Crippen molar-refractivity contribution in [3.05, 3.63) is 413 Å². The van der Waals surface area contributed by atoms with Crippen molar-refractivity contribution in [3.8, 4) is 55.9 Å². The Morgan fingerprint density at radius 2 is 0.426 bits per heavy atom. The molecule has 16 aromatic carbocycles. The molecule has 5 heteroatoms. The standard InChI is InChI=1S/C96H68N4Si/c1-7-29-69(30-8-1)71-33-23-43-79(61-71)97(83-57-59-95-91(67-83)89-53-19-21-55-93(89)99(95)77-39-11-3-12-40-77)81-45-25-35-73(63-81)75-37-27-51-87(65-75)101(85-47-15-5-16-48-85,86-49-17-6-18-50-86)88-52-28-38-76(66-88)74-36-26-46-82(64-74)98(80-44-24-34-72(62-80)70-31-9-2-10-32-70)84-58-60-96-92(68-84)90-54-20-22-56-94(90)100(96)78-41-13-4-14-42-78/h1-68H. The molecule has 0 atom stereocenters. The minimum Gasteiger partial charge on any atom is -0.310 e. The second-order valence-electron chi connectivity index (χ2n) is 26.0. The molecule has 0 N–H and O–H groups in total. The van der Waals surface area contributed by atoms with Gasteiger partial charge >= 0.3 is 0 Å². The van der Waals surface area contributed by atoms with Crippen molar-refractivity contribution in [3.63, 3.8) is 0 Å². The molecule has 476 valence electrons. The second kappa shape index (κ2) is 26.1. The molecule has 0 radical (unpaired) electrons. The molecule has 0 fully saturated rings. The molecule has 0 amide bonds. The maximum absolute atomic E-state index is 3.15. The molecule has 2 aromatic heterocycles. The average molecular weight is 1310 g/mol. The van der Waals surface area contributed by atoms with Crippen LogP contribution in [0, 0.1) is 0 Å². The Labute approximate surface area is 590 Å². The van der Waals surface area contributed by atoms with Crippen LogP contribution in [0.25, 0.3) is 99.5 Å². The van der Waals surface area contributed by atoms with Crippen LogP contribution in [0.15, 0.2) is 413 Å². The molecule has 2 heterocycles. The Hall–Kier alpha value is -13.1. The molecule has 18 rings (SSSR count). The SMILES string of the molecule is c1ccc(-c2cccc(N(c3cccc(-c4cccc([Si](c5ccccc5)(c5ccccc5)c5cccc(-c6cccc(N(c7cccc(-c8ccccc8)c7)c7ccc8c(c7)c7ccccc7n8-c7ccccc7)c6)c5)c4)c3)c3ccc4c(c3)c3ccccc3n4-c3ccccc3)c2)cc1. The van der Waals surface area contributed by atoms with Gasteiger partial charge in [0.2, 0.25) is 0 Å². The number of hydrogen-bond donors (Lipinski definition) is 0. The number of nitrogens with zero attached hydrogens (tertiary/aromatic N) is 4. The number of hydrogen-bond acceptors (Lipinski definition) is 2. The summed E-state index contributed by atoms with van der Waals surface area (Å²) in [7, 11) is -3.15. The first-order valence-electron chi connectivity index (χ1n) is 34.7. The van der Waals surface area contributed by atoms with Crippen molar-refractivity contribution in [2.45, 2.75) is 0 Å². The van der Waals surface area contributed by atoms with Gasteiger partial charge in [-0.1, -0.05) is 291 Å². The number of aromatic nitrogens is 2. The first kappa shape index (κ1) is 60.4. The molecule has 0 aliphatic rings. The molecule has 0 saturated heterocycles. The summed E-state index contributed by atoms with van der Waals surface area (Å²) in [5.74, 6) is 0. The summed E-state index contributed by atoms with van der Waals surface area (Å²) in [6.45, 7) is 0. The molecule has 4 nitrogen and oxygen atoms in total. The van der Waals surface area contributed by atoms with E-state index in [-0.39, 0.29) is 0 Å². The minimum absolute atomic E-state index is 1.06. The van der Waals surface area contributed by atoms with E-state index in [9.17, 15) is 0 Å². The largest absolute Gasteiger partial charge is 0.310 e. The molecule has 0 aliphatic carbocycles. The van der Waals surface area contributed by atoms with Crippen LogP contribution in [0.1, 0.15) is 0 Å². The topological polar surface area (TPSA) is 16.3 Å². The minimum atomic E-state index is -3.15. The van der Waals surface area contributed by atoms with Gasteiger partial charge < -0.3 is 18.9 Å². The van der Waals surface area contributed by atoms with Gasteiger partial charge in [-0.05, 0) is 187 Å². The lowest BCUT2D eigenvalue weighted by Crippen LogP contribution is -2.74. The van der Waals surface area contributed by atoms with Crippen molar-refractivity contribution in [1.29, 1.82) is 0 Å². The summed E-state index contributed by atoms with van der Waals surface area (Å²) in [5.41, 5.74) is 22.6. The molecule has 0 spiro atoms. The van der Waals surface area contributed by atoms with E-state index in [1.54, 1.807) is 0 Å². The van der Waals surface area contributed by atoms with Crippen LogP contribution < -0.4 is 30.5 Å². The van der Waals surface area contributed by atoms with Gasteiger partial charge in [0.05, 0.1) is 22.1 Å². The van der Waals surface area contributed by atoms with E-state index in [4.69, 9.17) is 0 Å². The lowest BCUT2D eigenvalue weighted by Gasteiger charge is -2.35. The summed E-state index contributed by atoms with van der Waals surface area (Å²) >= 11 is 0. The highest BCUT2D eigenvalue weighted by Gasteiger charge is 2.42. The third-order valence-corrected chi connectivity index (χ3v) is 24.9. The van der Waals surface area contributed by atoms with E-state index in [1.165, 1.54) is 64.5 Å². The molecule has 0 aliphatic heterocycles. The normalized spacial score (nSPS) is 11.6. The Balaban J connectivity index is 0.774. The Kier molecular flexibility index (Phi) is 15.6. The predicted molar refractivity (Wildman–Crippen MR) is 430 cm³/mol. The van der Waals surface area contributed by atoms with Gasteiger partial charge in [0.25, 0.3) is 0 Å². The lowest BCUT2D eigenvalue weighted by atomic mass is 10.0. The van der Waals surface area contributed by atoms with Crippen LogP contribution in [-0.4, -0.2) is 17.2 Å². The summed E-state index contributed by atoms with van der Waals surface area (Å²) in [6, 6.07) is 152. The lowest BCUT2D eigenvalue weighted by molar-refractivity contribution is 1.18. The summed E-state index contributed by atoms with van der Waals surface area (Å²) < 4.78 is 4.78. The summed E-state index contributed by atoms with van der Waals surface area (Å²) in [6.07, 6.45) is 0. The summed E-state index contributed by atoms with van der Waals surface area (Å²) in [4.78, 5) is 4.87. The van der Waals surface area contributed by atoms with Gasteiger partial charge in [0, 0.05) is 67.0 Å². The van der Waals surface area contributed by atoms with Gasteiger partial charge in [-0.25, -0.2) is 0 Å². The molecule has 0 bridgehead atoms. The smallest absolute Gasteiger partial charge is 0.179 e. The maximum Gasteiger partial charge on any atom is 0.179 e. The van der Waals surface area contributed by atoms with Crippen molar-refractivity contribution in [1.82, 2.24) is 9.13 Å². The van der Waals surface area contributed by atoms with E-state index in [2.05, 4.69) is 431 Å². The van der Waals surface area contributed by atoms with Crippen molar-refractivity contribution >= 4 is 107 Å². The van der Waals surface area contributed by atoms with E-state index in [1.807, 2.05) is 0 Å². The van der Waals surface area contributed by atoms with Gasteiger partial charge in [-0.2, -0.15) is 0 Å². The molecule has 0 unspecified atom stereocenters. The number of benzene rings is 16. The van der Waals surface area contributed by atoms with Crippen LogP contribution in [0.5, 0.6) is 0 Å². The zero-order chi connectivity index (χ0) is 67.1. The Bertz CT molecular complexity index is 5660. The Morgan fingerprint density at radius 3 is 0.792 bits per heavy atom. The van der Waals surface area contributed by atoms with Crippen LogP contribution >= 0.6 is 0 Å². The van der Waals surface area contributed by atoms with Crippen LogP contribution in [0.4, 0.5) is 34.1 Å². The number of para-hydroxylation sites is 4. The number of anilines is 6. The quantitative estimate of drug-likeness (QED) is 0.0708. The second-order valence-corrected chi connectivity index (χ2v) is 29.8. The van der Waals surface area contributed by atoms with Crippen LogP contribution in [0.2, 0.25) is 0 Å². The van der Waals surface area contributed by atoms with Crippen LogP contribution in [-0.2, 0) is 0 Å². The fraction of sp³-hybridized carbons (Fsp3) is 0. The number of fused-ring (bicyclic) bond motifs is 6. The molecule has 101 heavy (non-hydrogen) atoms. The van der Waals surface area contributed by atoms with Crippen molar-refractivity contribution in [2.75, 3.05) is 9.80 Å². The average Bonchev–Trinajstić information content (AvgIpc) is 1.70. The van der Waals surface area contributed by atoms with E-state index in [0.717, 1.165) is 89.9 Å². The maximum atomic E-state index is 2.50. The van der Waals surface area contributed by atoms with E-state index < -0.39 is 8.07 Å². The van der Waals surface area contributed by atoms with Crippen LogP contribution in [0.3, 0.4) is 0 Å². The zero-order valence-corrected chi connectivity index (χ0v) is 56.5. The first-order chi connectivity index (χ1) is 50.1. The Morgan fingerprint density at radius 1 is 0.168 bits per heavy atom. The van der Waals surface area contributed by atoms with Gasteiger partial charge in [-0.15, -0.1) is 0 Å². The third kappa shape index (κ3) is 11.0. The van der Waals surface area contributed by atoms with Crippen molar-refractivity contribution in [2.24, 2.45) is 0 Å². The number of rotatable bonds is 16. The van der Waals surface area contributed by atoms with Gasteiger partial charge in [0.1, 0.15) is 0 Å². The molecular formula is C96H68N4Si. The molecular weight excluding hydrogens is 1240 g/mol. The molecule has 0 saturated carbocycles. The highest BCUT2D eigenvalue weighted by atomic mass is 28.3. The third-order valence-electron chi connectivity index (χ3n) is 20.2. The fourth-order valence-corrected chi connectivity index (χ4v) is 20.4. The summed E-state index contributed by atoms with van der Waals surface area (Å²) in [5, 5.41) is 10.0. The molecule has 18 aromatic rings. The first-order valence-corrected chi connectivity index (χ1v) is 36.7. The van der Waals surface area contributed by atoms with Crippen molar-refractivity contribution < 1.29 is 0 Å².